The van der Waals surface area contributed by atoms with Gasteiger partial charge in [-0.3, -0.25) is 10.1 Å². The second kappa shape index (κ2) is 5.77. The van der Waals surface area contributed by atoms with Crippen molar-refractivity contribution in [1.29, 1.82) is 0 Å². The standard InChI is InChI=1S/C14H13N3O2/c1-11-2-4-12(5-3-11)15-10-16-13-6-8-14(9-7-13)17(18)19/h2-10H,1H3,(H,15,16). The fraction of sp³-hybridized carbons (Fsp3) is 0.0714. The van der Waals surface area contributed by atoms with E-state index in [1.165, 1.54) is 17.7 Å². The monoisotopic (exact) mass is 255 g/mol. The fourth-order valence-corrected chi connectivity index (χ4v) is 1.49. The molecule has 0 atom stereocenters. The number of anilines is 1. The molecule has 0 spiro atoms. The van der Waals surface area contributed by atoms with Crippen LogP contribution in [0.3, 0.4) is 0 Å². The molecule has 0 saturated carbocycles. The van der Waals surface area contributed by atoms with E-state index in [1.54, 1.807) is 18.5 Å². The van der Waals surface area contributed by atoms with Gasteiger partial charge in [0.1, 0.15) is 0 Å². The van der Waals surface area contributed by atoms with Gasteiger partial charge < -0.3 is 5.32 Å². The topological polar surface area (TPSA) is 67.5 Å². The maximum Gasteiger partial charge on any atom is 0.269 e. The molecule has 2 aromatic carbocycles. The Hall–Kier alpha value is -2.69. The molecular weight excluding hydrogens is 242 g/mol. The first-order valence-electron chi connectivity index (χ1n) is 5.75. The highest BCUT2D eigenvalue weighted by atomic mass is 16.6. The smallest absolute Gasteiger partial charge is 0.269 e. The van der Waals surface area contributed by atoms with Crippen LogP contribution < -0.4 is 5.32 Å². The highest BCUT2D eigenvalue weighted by Crippen LogP contribution is 2.17. The van der Waals surface area contributed by atoms with Crippen LogP contribution >= 0.6 is 0 Å². The van der Waals surface area contributed by atoms with Gasteiger partial charge in [-0.05, 0) is 31.2 Å². The highest BCUT2D eigenvalue weighted by Gasteiger charge is 2.02. The number of hydrogen-bond donors (Lipinski definition) is 1. The average molecular weight is 255 g/mol. The summed E-state index contributed by atoms with van der Waals surface area (Å²) in [4.78, 5) is 14.2. The maximum atomic E-state index is 10.5. The first kappa shape index (κ1) is 12.8. The van der Waals surface area contributed by atoms with Gasteiger partial charge in [0.25, 0.3) is 5.69 Å². The van der Waals surface area contributed by atoms with Crippen molar-refractivity contribution in [3.63, 3.8) is 0 Å². The van der Waals surface area contributed by atoms with Crippen LogP contribution in [0.25, 0.3) is 0 Å². The number of nitrogens with one attached hydrogen (secondary N) is 1. The van der Waals surface area contributed by atoms with Crippen LogP contribution in [-0.4, -0.2) is 11.3 Å². The summed E-state index contributed by atoms with van der Waals surface area (Å²) in [7, 11) is 0. The molecule has 0 aromatic heterocycles. The summed E-state index contributed by atoms with van der Waals surface area (Å²) in [6, 6.07) is 14.0. The van der Waals surface area contributed by atoms with Crippen LogP contribution in [0, 0.1) is 17.0 Å². The normalized spacial score (nSPS) is 10.6. The van der Waals surface area contributed by atoms with Gasteiger partial charge >= 0.3 is 0 Å². The predicted molar refractivity (Wildman–Crippen MR) is 76.1 cm³/mol. The lowest BCUT2D eigenvalue weighted by atomic mass is 10.2. The zero-order chi connectivity index (χ0) is 13.7. The van der Waals surface area contributed by atoms with Crippen molar-refractivity contribution < 1.29 is 4.92 Å². The molecule has 0 aliphatic heterocycles. The molecule has 19 heavy (non-hydrogen) atoms. The van der Waals surface area contributed by atoms with Crippen molar-refractivity contribution >= 4 is 23.4 Å². The lowest BCUT2D eigenvalue weighted by molar-refractivity contribution is -0.384. The van der Waals surface area contributed by atoms with Gasteiger partial charge in [-0.1, -0.05) is 17.7 Å². The Labute approximate surface area is 110 Å². The SMILES string of the molecule is Cc1ccc(NC=Nc2ccc([N+](=O)[O-])cc2)cc1. The largest absolute Gasteiger partial charge is 0.346 e. The number of aliphatic imine (C=N–C) groups is 1. The Morgan fingerprint density at radius 2 is 1.74 bits per heavy atom. The Morgan fingerprint density at radius 3 is 2.32 bits per heavy atom. The Morgan fingerprint density at radius 1 is 1.11 bits per heavy atom. The van der Waals surface area contributed by atoms with Crippen LogP contribution in [0.5, 0.6) is 0 Å². The van der Waals surface area contributed by atoms with E-state index in [0.29, 0.717) is 5.69 Å². The minimum atomic E-state index is -0.432. The van der Waals surface area contributed by atoms with Gasteiger partial charge in [0.2, 0.25) is 0 Å². The van der Waals surface area contributed by atoms with E-state index in [2.05, 4.69) is 10.3 Å². The van der Waals surface area contributed by atoms with Gasteiger partial charge in [0.15, 0.2) is 0 Å². The number of nitro groups is 1. The highest BCUT2D eigenvalue weighted by molar-refractivity contribution is 5.77. The summed E-state index contributed by atoms with van der Waals surface area (Å²) in [5.74, 6) is 0. The van der Waals surface area contributed by atoms with Crippen molar-refractivity contribution in [2.75, 3.05) is 5.32 Å². The molecule has 96 valence electrons. The quantitative estimate of drug-likeness (QED) is 0.392. The van der Waals surface area contributed by atoms with Crippen LogP contribution in [0.15, 0.2) is 53.5 Å². The fourth-order valence-electron chi connectivity index (χ4n) is 1.49. The Kier molecular flexibility index (Phi) is 3.87. The van der Waals surface area contributed by atoms with Crippen molar-refractivity contribution in [1.82, 2.24) is 0 Å². The average Bonchev–Trinajstić information content (AvgIpc) is 2.41. The van der Waals surface area contributed by atoms with E-state index in [0.717, 1.165) is 5.69 Å². The first-order valence-corrected chi connectivity index (χ1v) is 5.75. The number of benzene rings is 2. The van der Waals surface area contributed by atoms with E-state index >= 15 is 0 Å². The lowest BCUT2D eigenvalue weighted by Crippen LogP contribution is -1.93. The van der Waals surface area contributed by atoms with E-state index in [9.17, 15) is 10.1 Å². The second-order valence-corrected chi connectivity index (χ2v) is 4.04. The summed E-state index contributed by atoms with van der Waals surface area (Å²) < 4.78 is 0. The molecule has 0 fully saturated rings. The summed E-state index contributed by atoms with van der Waals surface area (Å²) in [5, 5.41) is 13.5. The summed E-state index contributed by atoms with van der Waals surface area (Å²) in [5.41, 5.74) is 2.85. The molecule has 0 saturated heterocycles. The van der Waals surface area contributed by atoms with Crippen LogP contribution in [0.2, 0.25) is 0 Å². The van der Waals surface area contributed by atoms with E-state index in [4.69, 9.17) is 0 Å². The summed E-state index contributed by atoms with van der Waals surface area (Å²) >= 11 is 0. The molecule has 2 rings (SSSR count). The zero-order valence-electron chi connectivity index (χ0n) is 10.4. The summed E-state index contributed by atoms with van der Waals surface area (Å²) in [6.45, 7) is 2.02. The third-order valence-corrected chi connectivity index (χ3v) is 2.56. The lowest BCUT2D eigenvalue weighted by Gasteiger charge is -2.00. The van der Waals surface area contributed by atoms with Crippen LogP contribution in [0.1, 0.15) is 5.56 Å². The maximum absolute atomic E-state index is 10.5. The first-order chi connectivity index (χ1) is 9.15. The number of nitro benzene ring substituents is 1. The molecule has 0 unspecified atom stereocenters. The van der Waals surface area contributed by atoms with Crippen molar-refractivity contribution in [2.24, 2.45) is 4.99 Å². The van der Waals surface area contributed by atoms with Gasteiger partial charge in [-0.25, -0.2) is 4.99 Å². The van der Waals surface area contributed by atoms with Crippen LogP contribution in [0.4, 0.5) is 17.1 Å². The molecule has 0 aliphatic rings. The van der Waals surface area contributed by atoms with Gasteiger partial charge in [-0.2, -0.15) is 0 Å². The van der Waals surface area contributed by atoms with E-state index < -0.39 is 4.92 Å². The van der Waals surface area contributed by atoms with E-state index in [-0.39, 0.29) is 5.69 Å². The molecular formula is C14H13N3O2. The zero-order valence-corrected chi connectivity index (χ0v) is 10.4. The third kappa shape index (κ3) is 3.64. The molecule has 5 heteroatoms. The minimum absolute atomic E-state index is 0.0606. The molecule has 2 aromatic rings. The number of hydrogen-bond acceptors (Lipinski definition) is 3. The van der Waals surface area contributed by atoms with Gasteiger partial charge in [0, 0.05) is 17.8 Å². The molecule has 0 amide bonds. The van der Waals surface area contributed by atoms with E-state index in [1.807, 2.05) is 31.2 Å². The van der Waals surface area contributed by atoms with Gasteiger partial charge in [-0.15, -0.1) is 0 Å². The van der Waals surface area contributed by atoms with Crippen LogP contribution in [-0.2, 0) is 0 Å². The molecule has 0 aliphatic carbocycles. The number of nitrogens with zero attached hydrogens (tertiary/aromatic N) is 2. The Bertz CT molecular complexity index is 589. The molecule has 0 heterocycles. The number of aryl methyl sites for hydroxylation is 1. The number of rotatable bonds is 4. The second-order valence-electron chi connectivity index (χ2n) is 4.04. The van der Waals surface area contributed by atoms with Crippen molar-refractivity contribution in [3.8, 4) is 0 Å². The molecule has 0 radical (unpaired) electrons. The molecule has 1 N–H and O–H groups in total. The Balaban J connectivity index is 1.98. The predicted octanol–water partition coefficient (Wildman–Crippen LogP) is 3.68. The van der Waals surface area contributed by atoms with Gasteiger partial charge in [0.05, 0.1) is 16.9 Å². The molecule has 5 nitrogen and oxygen atoms in total. The van der Waals surface area contributed by atoms with Crippen molar-refractivity contribution in [2.45, 2.75) is 6.92 Å². The number of non-ortho nitro benzene ring substituents is 1. The molecule has 0 bridgehead atoms. The third-order valence-electron chi connectivity index (χ3n) is 2.56. The van der Waals surface area contributed by atoms with Crippen molar-refractivity contribution in [3.05, 3.63) is 64.2 Å². The minimum Gasteiger partial charge on any atom is -0.346 e. The summed E-state index contributed by atoms with van der Waals surface area (Å²) in [6.07, 6.45) is 1.56.